The van der Waals surface area contributed by atoms with Gasteiger partial charge in [-0.05, 0) is 37.1 Å². The van der Waals surface area contributed by atoms with E-state index >= 15 is 0 Å². The molecule has 20 heavy (non-hydrogen) atoms. The van der Waals surface area contributed by atoms with Crippen LogP contribution in [0.3, 0.4) is 0 Å². The Bertz CT molecular complexity index is 721. The third-order valence-electron chi connectivity index (χ3n) is 3.55. The topological polar surface area (TPSA) is 48.8 Å². The highest BCUT2D eigenvalue weighted by Gasteiger charge is 2.08. The Hall–Kier alpha value is -2.07. The summed E-state index contributed by atoms with van der Waals surface area (Å²) >= 11 is 0. The maximum atomic E-state index is 5.93. The molecule has 0 saturated heterocycles. The number of hydrogen-bond donors (Lipinski definition) is 1. The SMILES string of the molecule is CC(N)Cc1cccc2c1ccn2Cc1ccn(C)n1. The van der Waals surface area contributed by atoms with Gasteiger partial charge in [0.25, 0.3) is 0 Å². The first-order valence-corrected chi connectivity index (χ1v) is 6.94. The molecule has 1 unspecified atom stereocenters. The standard InChI is InChI=1S/C16H20N4/c1-12(17)10-13-4-3-5-16-15(13)7-9-20(16)11-14-6-8-19(2)18-14/h3-9,12H,10-11,17H2,1-2H3. The first-order valence-electron chi connectivity index (χ1n) is 6.94. The molecule has 1 atom stereocenters. The van der Waals surface area contributed by atoms with Crippen LogP contribution in [0.25, 0.3) is 10.9 Å². The Kier molecular flexibility index (Phi) is 3.32. The van der Waals surface area contributed by atoms with E-state index in [-0.39, 0.29) is 6.04 Å². The minimum Gasteiger partial charge on any atom is -0.341 e. The van der Waals surface area contributed by atoms with Gasteiger partial charge in [-0.25, -0.2) is 0 Å². The molecule has 0 aliphatic heterocycles. The summed E-state index contributed by atoms with van der Waals surface area (Å²) in [5.74, 6) is 0. The third kappa shape index (κ3) is 2.47. The number of aromatic nitrogens is 3. The first kappa shape index (κ1) is 12.9. The lowest BCUT2D eigenvalue weighted by Crippen LogP contribution is -2.17. The fourth-order valence-electron chi connectivity index (χ4n) is 2.67. The van der Waals surface area contributed by atoms with E-state index in [2.05, 4.69) is 46.2 Å². The molecule has 0 aliphatic carbocycles. The molecule has 4 nitrogen and oxygen atoms in total. The van der Waals surface area contributed by atoms with E-state index in [4.69, 9.17) is 5.73 Å². The molecular weight excluding hydrogens is 248 g/mol. The summed E-state index contributed by atoms with van der Waals surface area (Å²) in [5.41, 5.74) is 9.56. The zero-order valence-electron chi connectivity index (χ0n) is 12.0. The molecule has 0 spiro atoms. The molecule has 0 radical (unpaired) electrons. The van der Waals surface area contributed by atoms with Gasteiger partial charge in [0.05, 0.1) is 12.2 Å². The van der Waals surface area contributed by atoms with Gasteiger partial charge in [0.2, 0.25) is 0 Å². The van der Waals surface area contributed by atoms with E-state index in [1.165, 1.54) is 16.5 Å². The summed E-state index contributed by atoms with van der Waals surface area (Å²) in [6.45, 7) is 2.84. The van der Waals surface area contributed by atoms with Crippen LogP contribution < -0.4 is 5.73 Å². The lowest BCUT2D eigenvalue weighted by molar-refractivity contribution is 0.716. The van der Waals surface area contributed by atoms with E-state index in [0.29, 0.717) is 0 Å². The van der Waals surface area contributed by atoms with Crippen LogP contribution in [0.1, 0.15) is 18.2 Å². The van der Waals surface area contributed by atoms with Crippen molar-refractivity contribution in [3.63, 3.8) is 0 Å². The molecule has 4 heteroatoms. The van der Waals surface area contributed by atoms with Crippen LogP contribution in [0, 0.1) is 0 Å². The van der Waals surface area contributed by atoms with Crippen molar-refractivity contribution >= 4 is 10.9 Å². The third-order valence-corrected chi connectivity index (χ3v) is 3.55. The zero-order valence-corrected chi connectivity index (χ0v) is 12.0. The first-order chi connectivity index (χ1) is 9.63. The molecule has 0 bridgehead atoms. The smallest absolute Gasteiger partial charge is 0.0821 e. The summed E-state index contributed by atoms with van der Waals surface area (Å²) in [4.78, 5) is 0. The second kappa shape index (κ2) is 5.13. The van der Waals surface area contributed by atoms with Crippen molar-refractivity contribution in [2.24, 2.45) is 12.8 Å². The highest BCUT2D eigenvalue weighted by molar-refractivity contribution is 5.83. The average Bonchev–Trinajstić information content (AvgIpc) is 2.97. The number of hydrogen-bond acceptors (Lipinski definition) is 2. The molecule has 0 aliphatic rings. The fourth-order valence-corrected chi connectivity index (χ4v) is 2.67. The molecule has 3 aromatic rings. The van der Waals surface area contributed by atoms with Crippen molar-refractivity contribution in [1.29, 1.82) is 0 Å². The van der Waals surface area contributed by atoms with Gasteiger partial charge in [0.15, 0.2) is 0 Å². The van der Waals surface area contributed by atoms with Crippen LogP contribution in [0.15, 0.2) is 42.7 Å². The number of fused-ring (bicyclic) bond motifs is 1. The summed E-state index contributed by atoms with van der Waals surface area (Å²) in [6.07, 6.45) is 5.01. The molecule has 2 aromatic heterocycles. The fraction of sp³-hybridized carbons (Fsp3) is 0.312. The Morgan fingerprint density at radius 2 is 2.05 bits per heavy atom. The van der Waals surface area contributed by atoms with Crippen molar-refractivity contribution in [1.82, 2.24) is 14.3 Å². The molecule has 0 saturated carbocycles. The van der Waals surface area contributed by atoms with E-state index in [1.807, 2.05) is 24.9 Å². The van der Waals surface area contributed by atoms with Gasteiger partial charge < -0.3 is 10.3 Å². The van der Waals surface area contributed by atoms with Crippen LogP contribution in [0.4, 0.5) is 0 Å². The Morgan fingerprint density at radius 1 is 1.20 bits per heavy atom. The van der Waals surface area contributed by atoms with E-state index in [1.54, 1.807) is 0 Å². The second-order valence-corrected chi connectivity index (χ2v) is 5.46. The van der Waals surface area contributed by atoms with Crippen molar-refractivity contribution < 1.29 is 0 Å². The van der Waals surface area contributed by atoms with Crippen LogP contribution in [-0.4, -0.2) is 20.4 Å². The number of rotatable bonds is 4. The van der Waals surface area contributed by atoms with Gasteiger partial charge in [-0.3, -0.25) is 4.68 Å². The number of nitrogens with zero attached hydrogens (tertiary/aromatic N) is 3. The monoisotopic (exact) mass is 268 g/mol. The number of nitrogens with two attached hydrogens (primary N) is 1. The molecule has 104 valence electrons. The predicted octanol–water partition coefficient (Wildman–Crippen LogP) is 2.31. The quantitative estimate of drug-likeness (QED) is 0.789. The summed E-state index contributed by atoms with van der Waals surface area (Å²) < 4.78 is 4.07. The van der Waals surface area contributed by atoms with Crippen LogP contribution in [-0.2, 0) is 20.0 Å². The lowest BCUT2D eigenvalue weighted by atomic mass is 10.0. The molecule has 3 rings (SSSR count). The molecule has 1 aromatic carbocycles. The molecule has 0 fully saturated rings. The summed E-state index contributed by atoms with van der Waals surface area (Å²) in [5, 5.41) is 5.73. The van der Waals surface area contributed by atoms with Crippen LogP contribution in [0.5, 0.6) is 0 Å². The summed E-state index contributed by atoms with van der Waals surface area (Å²) in [7, 11) is 1.94. The van der Waals surface area contributed by atoms with Gasteiger partial charge in [0, 0.05) is 36.4 Å². The largest absolute Gasteiger partial charge is 0.341 e. The number of aryl methyl sites for hydroxylation is 1. The van der Waals surface area contributed by atoms with Crippen molar-refractivity contribution in [3.8, 4) is 0 Å². The average molecular weight is 268 g/mol. The highest BCUT2D eigenvalue weighted by Crippen LogP contribution is 2.22. The van der Waals surface area contributed by atoms with E-state index in [0.717, 1.165) is 18.7 Å². The van der Waals surface area contributed by atoms with E-state index < -0.39 is 0 Å². The highest BCUT2D eigenvalue weighted by atomic mass is 15.3. The zero-order chi connectivity index (χ0) is 14.1. The Morgan fingerprint density at radius 3 is 2.75 bits per heavy atom. The molecule has 2 N–H and O–H groups in total. The van der Waals surface area contributed by atoms with Gasteiger partial charge in [-0.15, -0.1) is 0 Å². The lowest BCUT2D eigenvalue weighted by Gasteiger charge is -2.08. The maximum absolute atomic E-state index is 5.93. The van der Waals surface area contributed by atoms with Gasteiger partial charge >= 0.3 is 0 Å². The maximum Gasteiger partial charge on any atom is 0.0821 e. The Balaban J connectivity index is 1.97. The minimum absolute atomic E-state index is 0.180. The van der Waals surface area contributed by atoms with Crippen molar-refractivity contribution in [3.05, 3.63) is 54.0 Å². The van der Waals surface area contributed by atoms with Gasteiger partial charge in [-0.1, -0.05) is 12.1 Å². The summed E-state index contributed by atoms with van der Waals surface area (Å²) in [6, 6.07) is 10.8. The van der Waals surface area contributed by atoms with Crippen LogP contribution in [0.2, 0.25) is 0 Å². The van der Waals surface area contributed by atoms with Gasteiger partial charge in [0.1, 0.15) is 0 Å². The second-order valence-electron chi connectivity index (χ2n) is 5.46. The van der Waals surface area contributed by atoms with Crippen molar-refractivity contribution in [2.75, 3.05) is 0 Å². The predicted molar refractivity (Wildman–Crippen MR) is 81.6 cm³/mol. The normalized spacial score (nSPS) is 12.9. The Labute approximate surface area is 118 Å². The van der Waals surface area contributed by atoms with Crippen LogP contribution >= 0.6 is 0 Å². The van der Waals surface area contributed by atoms with Gasteiger partial charge in [-0.2, -0.15) is 5.10 Å². The molecular formula is C16H20N4. The van der Waals surface area contributed by atoms with E-state index in [9.17, 15) is 0 Å². The number of benzene rings is 1. The minimum atomic E-state index is 0.180. The molecule has 2 heterocycles. The van der Waals surface area contributed by atoms with Crippen molar-refractivity contribution in [2.45, 2.75) is 25.9 Å². The molecule has 0 amide bonds.